The maximum atomic E-state index is 4.18. The van der Waals surface area contributed by atoms with Crippen LogP contribution in [0.4, 0.5) is 0 Å². The highest BCUT2D eigenvalue weighted by atomic mass is 15.1. The second-order valence-electron chi connectivity index (χ2n) is 5.47. The first-order valence-corrected chi connectivity index (χ1v) is 7.48. The second-order valence-corrected chi connectivity index (χ2v) is 5.47. The molecule has 0 unspecified atom stereocenters. The van der Waals surface area contributed by atoms with Gasteiger partial charge < -0.3 is 10.2 Å². The SMILES string of the molecule is C=C(CNC1CCN(CCC)CC1)c1ccccc1. The van der Waals surface area contributed by atoms with Crippen molar-refractivity contribution in [1.82, 2.24) is 10.2 Å². The summed E-state index contributed by atoms with van der Waals surface area (Å²) < 4.78 is 0. The maximum absolute atomic E-state index is 4.18. The van der Waals surface area contributed by atoms with E-state index < -0.39 is 0 Å². The summed E-state index contributed by atoms with van der Waals surface area (Å²) in [5, 5.41) is 3.66. The molecule has 1 fully saturated rings. The summed E-state index contributed by atoms with van der Waals surface area (Å²) in [6, 6.07) is 11.1. The number of nitrogens with zero attached hydrogens (tertiary/aromatic N) is 1. The largest absolute Gasteiger partial charge is 0.310 e. The Morgan fingerprint density at radius 2 is 1.95 bits per heavy atom. The molecule has 19 heavy (non-hydrogen) atoms. The van der Waals surface area contributed by atoms with Gasteiger partial charge in [0.15, 0.2) is 0 Å². The summed E-state index contributed by atoms with van der Waals surface area (Å²) in [4.78, 5) is 2.57. The van der Waals surface area contributed by atoms with Crippen LogP contribution in [0.5, 0.6) is 0 Å². The van der Waals surface area contributed by atoms with Crippen LogP contribution in [0.25, 0.3) is 5.57 Å². The third-order valence-corrected chi connectivity index (χ3v) is 3.91. The molecule has 104 valence electrons. The molecule has 0 aromatic heterocycles. The first-order chi connectivity index (χ1) is 9.29. The average Bonchev–Trinajstić information content (AvgIpc) is 2.47. The number of likely N-dealkylation sites (tertiary alicyclic amines) is 1. The van der Waals surface area contributed by atoms with Crippen molar-refractivity contribution in [3.63, 3.8) is 0 Å². The van der Waals surface area contributed by atoms with Crippen molar-refractivity contribution in [3.8, 4) is 0 Å². The van der Waals surface area contributed by atoms with E-state index in [2.05, 4.69) is 48.0 Å². The number of piperidine rings is 1. The molecule has 0 aliphatic carbocycles. The smallest absolute Gasteiger partial charge is 0.0208 e. The van der Waals surface area contributed by atoms with Gasteiger partial charge in [-0.05, 0) is 50.0 Å². The van der Waals surface area contributed by atoms with Crippen LogP contribution in [-0.2, 0) is 0 Å². The molecular weight excluding hydrogens is 232 g/mol. The van der Waals surface area contributed by atoms with E-state index in [1.807, 2.05) is 6.07 Å². The first kappa shape index (κ1) is 14.3. The van der Waals surface area contributed by atoms with Crippen molar-refractivity contribution in [1.29, 1.82) is 0 Å². The highest BCUT2D eigenvalue weighted by Gasteiger charge is 2.17. The lowest BCUT2D eigenvalue weighted by Gasteiger charge is -2.32. The molecule has 0 amide bonds. The number of benzene rings is 1. The van der Waals surface area contributed by atoms with E-state index in [9.17, 15) is 0 Å². The van der Waals surface area contributed by atoms with E-state index in [0.29, 0.717) is 6.04 Å². The molecular formula is C17H26N2. The predicted octanol–water partition coefficient (Wildman–Crippen LogP) is 3.16. The summed E-state index contributed by atoms with van der Waals surface area (Å²) in [6.45, 7) is 11.1. The van der Waals surface area contributed by atoms with Crippen molar-refractivity contribution in [2.24, 2.45) is 0 Å². The predicted molar refractivity (Wildman–Crippen MR) is 83.2 cm³/mol. The van der Waals surface area contributed by atoms with Gasteiger partial charge in [-0.3, -0.25) is 0 Å². The van der Waals surface area contributed by atoms with Gasteiger partial charge in [0.1, 0.15) is 0 Å². The lowest BCUT2D eigenvalue weighted by atomic mass is 10.0. The number of hydrogen-bond donors (Lipinski definition) is 1. The van der Waals surface area contributed by atoms with Crippen LogP contribution in [0.15, 0.2) is 36.9 Å². The van der Waals surface area contributed by atoms with E-state index in [1.54, 1.807) is 0 Å². The lowest BCUT2D eigenvalue weighted by molar-refractivity contribution is 0.200. The fraction of sp³-hybridized carbons (Fsp3) is 0.529. The van der Waals surface area contributed by atoms with Crippen molar-refractivity contribution < 1.29 is 0 Å². The molecule has 2 heteroatoms. The van der Waals surface area contributed by atoms with Gasteiger partial charge in [0.05, 0.1) is 0 Å². The number of rotatable bonds is 6. The number of hydrogen-bond acceptors (Lipinski definition) is 2. The van der Waals surface area contributed by atoms with Gasteiger partial charge in [-0.2, -0.15) is 0 Å². The minimum atomic E-state index is 0.661. The topological polar surface area (TPSA) is 15.3 Å². The van der Waals surface area contributed by atoms with Crippen molar-refractivity contribution in [2.45, 2.75) is 32.2 Å². The Hall–Kier alpha value is -1.12. The molecule has 0 spiro atoms. The minimum absolute atomic E-state index is 0.661. The zero-order chi connectivity index (χ0) is 13.5. The van der Waals surface area contributed by atoms with Crippen LogP contribution in [0.2, 0.25) is 0 Å². The molecule has 2 rings (SSSR count). The van der Waals surface area contributed by atoms with Crippen LogP contribution in [0, 0.1) is 0 Å². The van der Waals surface area contributed by atoms with Gasteiger partial charge in [-0.25, -0.2) is 0 Å². The Kier molecular flexibility index (Phi) is 5.62. The van der Waals surface area contributed by atoms with Crippen LogP contribution in [0.1, 0.15) is 31.7 Å². The van der Waals surface area contributed by atoms with Crippen molar-refractivity contribution >= 4 is 5.57 Å². The summed E-state index contributed by atoms with van der Waals surface area (Å²) >= 11 is 0. The van der Waals surface area contributed by atoms with Gasteiger partial charge >= 0.3 is 0 Å². The van der Waals surface area contributed by atoms with Crippen molar-refractivity contribution in [3.05, 3.63) is 42.5 Å². The molecule has 1 N–H and O–H groups in total. The lowest BCUT2D eigenvalue weighted by Crippen LogP contribution is -2.43. The third kappa shape index (κ3) is 4.48. The van der Waals surface area contributed by atoms with Gasteiger partial charge in [0.2, 0.25) is 0 Å². The minimum Gasteiger partial charge on any atom is -0.310 e. The Labute approximate surface area is 117 Å². The highest BCUT2D eigenvalue weighted by molar-refractivity contribution is 5.64. The summed E-state index contributed by atoms with van der Waals surface area (Å²) in [5.74, 6) is 0. The van der Waals surface area contributed by atoms with Crippen LogP contribution in [-0.4, -0.2) is 37.1 Å². The maximum Gasteiger partial charge on any atom is 0.0208 e. The summed E-state index contributed by atoms with van der Waals surface area (Å²) in [6.07, 6.45) is 3.80. The molecule has 0 radical (unpaired) electrons. The Morgan fingerprint density at radius 3 is 2.58 bits per heavy atom. The molecule has 1 aromatic carbocycles. The fourth-order valence-electron chi connectivity index (χ4n) is 2.72. The van der Waals surface area contributed by atoms with Crippen LogP contribution < -0.4 is 5.32 Å². The van der Waals surface area contributed by atoms with E-state index in [4.69, 9.17) is 0 Å². The fourth-order valence-corrected chi connectivity index (χ4v) is 2.72. The summed E-state index contributed by atoms with van der Waals surface area (Å²) in [7, 11) is 0. The Balaban J connectivity index is 1.71. The standard InChI is InChI=1S/C17H26N2/c1-3-11-19-12-9-17(10-13-19)18-14-15(2)16-7-5-4-6-8-16/h4-8,17-18H,2-3,9-14H2,1H3. The van der Waals surface area contributed by atoms with Crippen LogP contribution in [0.3, 0.4) is 0 Å². The van der Waals surface area contributed by atoms with Crippen molar-refractivity contribution in [2.75, 3.05) is 26.2 Å². The monoisotopic (exact) mass is 258 g/mol. The molecule has 0 atom stereocenters. The average molecular weight is 258 g/mol. The van der Waals surface area contributed by atoms with Crippen LogP contribution >= 0.6 is 0 Å². The molecule has 0 saturated carbocycles. The second kappa shape index (κ2) is 7.46. The zero-order valence-electron chi connectivity index (χ0n) is 12.1. The third-order valence-electron chi connectivity index (χ3n) is 3.91. The van der Waals surface area contributed by atoms with E-state index >= 15 is 0 Å². The van der Waals surface area contributed by atoms with E-state index in [-0.39, 0.29) is 0 Å². The molecule has 1 heterocycles. The first-order valence-electron chi connectivity index (χ1n) is 7.48. The molecule has 1 aliphatic heterocycles. The normalized spacial score (nSPS) is 17.5. The Bertz CT molecular complexity index is 378. The molecule has 1 aromatic rings. The van der Waals surface area contributed by atoms with Gasteiger partial charge in [0.25, 0.3) is 0 Å². The molecule has 1 aliphatic rings. The van der Waals surface area contributed by atoms with Gasteiger partial charge in [0, 0.05) is 12.6 Å². The molecule has 2 nitrogen and oxygen atoms in total. The molecule has 0 bridgehead atoms. The van der Waals surface area contributed by atoms with E-state index in [0.717, 1.165) is 6.54 Å². The number of nitrogens with one attached hydrogen (secondary N) is 1. The molecule has 1 saturated heterocycles. The highest BCUT2D eigenvalue weighted by Crippen LogP contribution is 2.14. The van der Waals surface area contributed by atoms with Gasteiger partial charge in [-0.1, -0.05) is 43.8 Å². The summed E-state index contributed by atoms with van der Waals surface area (Å²) in [5.41, 5.74) is 2.44. The Morgan fingerprint density at radius 1 is 1.26 bits per heavy atom. The van der Waals surface area contributed by atoms with E-state index in [1.165, 1.54) is 50.0 Å². The quantitative estimate of drug-likeness (QED) is 0.843. The van der Waals surface area contributed by atoms with Gasteiger partial charge in [-0.15, -0.1) is 0 Å². The zero-order valence-corrected chi connectivity index (χ0v) is 12.1.